The molecule has 0 spiro atoms. The summed E-state index contributed by atoms with van der Waals surface area (Å²) in [6.07, 6.45) is 13.7. The summed E-state index contributed by atoms with van der Waals surface area (Å²) in [5.41, 5.74) is 11.4. The van der Waals surface area contributed by atoms with Crippen LogP contribution in [-0.4, -0.2) is 245 Å². The molecular weight excluding hydrogens is 1790 g/mol. The van der Waals surface area contributed by atoms with Crippen molar-refractivity contribution in [1.29, 1.82) is 0 Å². The fraction of sp³-hybridized carbons (Fsp3) is 0.434. The Morgan fingerprint density at radius 2 is 0.978 bits per heavy atom. The first-order valence-electron chi connectivity index (χ1n) is 46.1. The van der Waals surface area contributed by atoms with Gasteiger partial charge in [0.05, 0.1) is 99.5 Å². The normalized spacial score (nSPS) is 21.1. The van der Waals surface area contributed by atoms with Crippen LogP contribution < -0.4 is 38.2 Å². The number of rotatable bonds is 25. The number of ether oxygens (including phenoxy) is 6. The van der Waals surface area contributed by atoms with Crippen molar-refractivity contribution in [2.45, 2.75) is 121 Å². The molecule has 11 heterocycles. The Balaban J connectivity index is 0.000000179. The summed E-state index contributed by atoms with van der Waals surface area (Å²) >= 11 is 12.5. The molecule has 4 aromatic heterocycles. The molecule has 7 aliphatic heterocycles. The topological polar surface area (TPSA) is 348 Å². The third kappa shape index (κ3) is 21.6. The fourth-order valence-corrected chi connectivity index (χ4v) is 22.5. The maximum atomic E-state index is 14.2. The van der Waals surface area contributed by atoms with Crippen molar-refractivity contribution in [2.24, 2.45) is 22.7 Å². The molecule has 5 saturated heterocycles. The number of H-pyrrole nitrogens is 2. The maximum absolute atomic E-state index is 14.2. The van der Waals surface area contributed by atoms with E-state index in [9.17, 15) is 46.7 Å². The number of carbonyl (C=O) groups excluding carboxylic acids is 2. The highest BCUT2D eigenvalue weighted by Crippen LogP contribution is 2.48. The van der Waals surface area contributed by atoms with Crippen molar-refractivity contribution < 1.29 is 64.7 Å². The van der Waals surface area contributed by atoms with Crippen molar-refractivity contribution >= 4 is 111 Å². The third-order valence-electron chi connectivity index (χ3n) is 27.6. The number of morpholine rings is 1. The van der Waals surface area contributed by atoms with Gasteiger partial charge in [-0.2, -0.15) is 0 Å². The number of piperazine rings is 3. The number of anilines is 2. The number of allylic oxidation sites excluding steroid dienone is 2. The number of hydrogen-bond donors (Lipinski definition) is 4. The molecular formula is C99H113Cl2N15O16S2. The molecule has 31 nitrogen and oxygen atoms in total. The number of benzene rings is 6. The minimum atomic E-state index is -4.64. The van der Waals surface area contributed by atoms with Gasteiger partial charge in [0.25, 0.3) is 43.2 Å². The molecule has 4 N–H and O–H groups in total. The monoisotopic (exact) mass is 1900 g/mol. The highest BCUT2D eigenvalue weighted by atomic mass is 35.5. The molecule has 0 saturated carbocycles. The summed E-state index contributed by atoms with van der Waals surface area (Å²) < 4.78 is 96.2. The first kappa shape index (κ1) is 93.3. The minimum absolute atomic E-state index is 0.0245. The Bertz CT molecular complexity index is 6410. The summed E-state index contributed by atoms with van der Waals surface area (Å²) in [6, 6.07) is 39.2. The van der Waals surface area contributed by atoms with E-state index in [1.165, 1.54) is 57.9 Å². The summed E-state index contributed by atoms with van der Waals surface area (Å²) in [7, 11) is -9.28. The molecule has 19 rings (SSSR count). The van der Waals surface area contributed by atoms with E-state index in [2.05, 4.69) is 123 Å². The van der Waals surface area contributed by atoms with Crippen molar-refractivity contribution in [2.75, 3.05) is 154 Å². The number of nitro groups is 2. The standard InChI is InChI=1S/C51H59ClN8O8S.C48H54ClN7O8S/c1-33-27-57(16-19-59(33)40-31-66-32-40)28-34-20-44-46(60(62)63)23-42(24-47(44)67-30-34)69(64,65)55-50(61)43-9-8-39(22-48(43)68-41-21-36-11-13-53-49(36)54-26-41)58-17-14-56(15-18-58)29-37-10-12-51(2,3)25-45(37)35-4-6-38(52)7-5-35;1-31-27-54(18-19-62-31)28-32-20-41-43(56(58)59)23-39(24-44(41)63-30-32)65(60,61)52-47(57)40-9-8-37(22-45(40)64-38-21-34-11-13-50-46(34)51-26-38)55-16-14-53(15-17-55)29-35-10-12-48(2,3)25-42(35)33-4-6-36(49)7-5-33/h4-9,11,13,21-24,26,33-34,40H,10,12,14-20,25,27-32H2,1-3H3,(H,53,54)(H,55,61);4-9,11,13,21-24,26,31-32H,10,12,14-20,25,27-30H2,1-3H3,(H,50,51)(H,52,57)/t33-,34-;31-,32-/m11/s1. The number of aromatic amines is 2. The van der Waals surface area contributed by atoms with Crippen LogP contribution in [0.2, 0.25) is 10.0 Å². The quantitative estimate of drug-likeness (QED) is 0.0305. The smallest absolute Gasteiger partial charge is 0.277 e. The van der Waals surface area contributed by atoms with Gasteiger partial charge in [-0.25, -0.2) is 36.2 Å². The van der Waals surface area contributed by atoms with Gasteiger partial charge in [-0.15, -0.1) is 0 Å². The summed E-state index contributed by atoms with van der Waals surface area (Å²) in [5, 5.41) is 28.0. The third-order valence-corrected chi connectivity index (χ3v) is 30.7. The molecule has 134 heavy (non-hydrogen) atoms. The molecule has 6 aromatic carbocycles. The molecule has 5 fully saturated rings. The Morgan fingerprint density at radius 1 is 0.537 bits per heavy atom. The van der Waals surface area contributed by atoms with E-state index in [4.69, 9.17) is 51.6 Å². The first-order chi connectivity index (χ1) is 64.3. The number of pyridine rings is 2. The van der Waals surface area contributed by atoms with Crippen LogP contribution in [0, 0.1) is 42.9 Å². The van der Waals surface area contributed by atoms with Crippen molar-refractivity contribution in [3.63, 3.8) is 0 Å². The number of aromatic nitrogens is 4. The van der Waals surface area contributed by atoms with Gasteiger partial charge in [-0.1, -0.05) is 86.3 Å². The lowest BCUT2D eigenvalue weighted by molar-refractivity contribution is -0.386. The zero-order chi connectivity index (χ0) is 93.5. The predicted molar refractivity (Wildman–Crippen MR) is 514 cm³/mol. The van der Waals surface area contributed by atoms with Gasteiger partial charge in [-0.3, -0.25) is 49.4 Å². The van der Waals surface area contributed by atoms with E-state index >= 15 is 0 Å². The number of amides is 2. The molecule has 2 amide bonds. The van der Waals surface area contributed by atoms with Gasteiger partial charge in [0, 0.05) is 210 Å². The molecule has 4 atom stereocenters. The summed E-state index contributed by atoms with van der Waals surface area (Å²) in [4.78, 5) is 82.6. The van der Waals surface area contributed by atoms with Crippen LogP contribution in [0.4, 0.5) is 22.7 Å². The largest absolute Gasteiger partial charge is 0.493 e. The average molecular weight is 1900 g/mol. The molecule has 0 bridgehead atoms. The number of hydrogen-bond acceptors (Lipinski definition) is 25. The molecule has 0 radical (unpaired) electrons. The summed E-state index contributed by atoms with van der Waals surface area (Å²) in [6.45, 7) is 29.7. The van der Waals surface area contributed by atoms with Crippen molar-refractivity contribution in [3.05, 3.63) is 233 Å². The molecule has 0 unspecified atom stereocenters. The number of fused-ring (bicyclic) bond motifs is 4. The number of nitrogens with zero attached hydrogens (tertiary/aromatic N) is 11. The van der Waals surface area contributed by atoms with E-state index in [0.29, 0.717) is 78.5 Å². The molecule has 2 aliphatic carbocycles. The second-order valence-corrected chi connectivity index (χ2v) is 42.8. The number of nitro benzene ring substituents is 2. The lowest BCUT2D eigenvalue weighted by Crippen LogP contribution is -2.61. The van der Waals surface area contributed by atoms with Crippen LogP contribution in [0.25, 0.3) is 33.2 Å². The number of carbonyl (C=O) groups is 2. The molecule has 10 aromatic rings. The Morgan fingerprint density at radius 3 is 1.40 bits per heavy atom. The molecule has 706 valence electrons. The zero-order valence-electron chi connectivity index (χ0n) is 76.1. The van der Waals surface area contributed by atoms with Crippen LogP contribution in [0.5, 0.6) is 34.5 Å². The Kier molecular flexibility index (Phi) is 27.4. The van der Waals surface area contributed by atoms with Gasteiger partial charge in [0.2, 0.25) is 0 Å². The van der Waals surface area contributed by atoms with Crippen molar-refractivity contribution in [1.82, 2.24) is 53.9 Å². The van der Waals surface area contributed by atoms with Gasteiger partial charge in [-0.05, 0) is 171 Å². The zero-order valence-corrected chi connectivity index (χ0v) is 79.3. The van der Waals surface area contributed by atoms with E-state index in [1.54, 1.807) is 60.9 Å². The SMILES string of the molecule is C[C@@H]1CN(C[C@@H]2COc3cc(S(=O)(=O)NC(=O)c4ccc(N5CCN(CC6=C(c7ccc(Cl)cc7)CC(C)(C)CC6)CC5)cc4Oc4cnc5[nH]ccc5c4)cc([N+](=O)[O-])c3C2)CCN1C1COC1.C[C@@H]1CN(C[C@@H]2COc3cc(S(=O)(=O)NC(=O)c4ccc(N5CCN(CC6=C(c7ccc(Cl)cc7)CC(C)(C)CC6)CC5)cc4Oc4cnc5[nH]ccc5c4)cc([N+](=O)[O-])c3C2)CCO1. The van der Waals surface area contributed by atoms with Crippen LogP contribution in [-0.2, 0) is 42.4 Å². The second kappa shape index (κ2) is 39.3. The molecule has 35 heteroatoms. The lowest BCUT2D eigenvalue weighted by atomic mass is 9.72. The lowest BCUT2D eigenvalue weighted by Gasteiger charge is -2.47. The molecule has 9 aliphatic rings. The van der Waals surface area contributed by atoms with Crippen molar-refractivity contribution in [3.8, 4) is 34.5 Å². The van der Waals surface area contributed by atoms with E-state index < -0.39 is 51.5 Å². The second-order valence-electron chi connectivity index (χ2n) is 38.6. The minimum Gasteiger partial charge on any atom is -0.493 e. The van der Waals surface area contributed by atoms with Gasteiger partial charge >= 0.3 is 0 Å². The van der Waals surface area contributed by atoms with E-state index in [0.717, 1.165) is 194 Å². The highest BCUT2D eigenvalue weighted by Gasteiger charge is 2.41. The maximum Gasteiger partial charge on any atom is 0.277 e. The van der Waals surface area contributed by atoms with Crippen LogP contribution >= 0.6 is 23.2 Å². The van der Waals surface area contributed by atoms with E-state index in [1.807, 2.05) is 43.3 Å². The first-order valence-corrected chi connectivity index (χ1v) is 49.8. The van der Waals surface area contributed by atoms with Crippen LogP contribution in [0.3, 0.4) is 0 Å². The number of halogens is 2. The van der Waals surface area contributed by atoms with E-state index in [-0.39, 0.29) is 87.5 Å². The number of nitrogens with one attached hydrogen (secondary N) is 4. The highest BCUT2D eigenvalue weighted by molar-refractivity contribution is 7.90. The Hall–Kier alpha value is -11.1. The number of sulfonamides is 2. The van der Waals surface area contributed by atoms with Gasteiger partial charge < -0.3 is 53.1 Å². The van der Waals surface area contributed by atoms with Crippen LogP contribution in [0.1, 0.15) is 123 Å². The Labute approximate surface area is 789 Å². The predicted octanol–water partition coefficient (Wildman–Crippen LogP) is 15.9. The van der Waals surface area contributed by atoms with Crippen LogP contribution in [0.15, 0.2) is 179 Å². The fourth-order valence-electron chi connectivity index (χ4n) is 20.3. The summed E-state index contributed by atoms with van der Waals surface area (Å²) in [5.74, 6) is -0.802. The van der Waals surface area contributed by atoms with Gasteiger partial charge in [0.1, 0.15) is 45.8 Å². The average Bonchev–Trinajstić information content (AvgIpc) is 1.59. The van der Waals surface area contributed by atoms with Gasteiger partial charge in [0.15, 0.2) is 0 Å².